The normalized spacial score (nSPS) is 20.4. The Labute approximate surface area is 140 Å². The molecule has 0 heterocycles. The van der Waals surface area contributed by atoms with Crippen LogP contribution in [0.3, 0.4) is 0 Å². The summed E-state index contributed by atoms with van der Waals surface area (Å²) >= 11 is 0. The fourth-order valence-corrected chi connectivity index (χ4v) is 3.29. The lowest BCUT2D eigenvalue weighted by atomic mass is 9.94. The lowest BCUT2D eigenvalue weighted by molar-refractivity contribution is -0.122. The highest BCUT2D eigenvalue weighted by atomic mass is 35.5. The number of carbonyl (C=O) groups excluding carboxylic acids is 1. The van der Waals surface area contributed by atoms with E-state index in [4.69, 9.17) is 5.73 Å². The number of benzene rings is 1. The Morgan fingerprint density at radius 1 is 1.09 bits per heavy atom. The number of nitrogens with two attached hydrogens (primary N) is 1. The highest BCUT2D eigenvalue weighted by molar-refractivity contribution is 5.85. The second-order valence-corrected chi connectivity index (χ2v) is 6.07. The average Bonchev–Trinajstić information content (AvgIpc) is 2.96. The van der Waals surface area contributed by atoms with E-state index in [0.717, 1.165) is 38.6 Å². The van der Waals surface area contributed by atoms with Crippen molar-refractivity contribution < 1.29 is 4.79 Å². The highest BCUT2D eigenvalue weighted by Gasteiger charge is 2.29. The topological polar surface area (TPSA) is 55.1 Å². The van der Waals surface area contributed by atoms with Gasteiger partial charge in [-0.05, 0) is 37.8 Å². The third kappa shape index (κ3) is 5.98. The summed E-state index contributed by atoms with van der Waals surface area (Å²) in [5.74, 6) is 0.711. The van der Waals surface area contributed by atoms with Crippen LogP contribution in [0.4, 0.5) is 0 Å². The summed E-state index contributed by atoms with van der Waals surface area (Å²) < 4.78 is 0. The number of hydrogen-bond acceptors (Lipinski definition) is 2. The van der Waals surface area contributed by atoms with E-state index in [-0.39, 0.29) is 18.3 Å². The van der Waals surface area contributed by atoms with Crippen LogP contribution in [-0.4, -0.2) is 18.5 Å². The molecule has 0 aromatic heterocycles. The average molecular weight is 325 g/mol. The maximum absolute atomic E-state index is 12.1. The van der Waals surface area contributed by atoms with Crippen LogP contribution in [0.15, 0.2) is 30.3 Å². The first-order valence-electron chi connectivity index (χ1n) is 8.35. The first-order chi connectivity index (χ1) is 10.3. The largest absolute Gasteiger partial charge is 0.353 e. The Kier molecular flexibility index (Phi) is 9.17. The van der Waals surface area contributed by atoms with Crippen LogP contribution in [0.5, 0.6) is 0 Å². The lowest BCUT2D eigenvalue weighted by Crippen LogP contribution is -2.36. The van der Waals surface area contributed by atoms with E-state index >= 15 is 0 Å². The van der Waals surface area contributed by atoms with Crippen LogP contribution < -0.4 is 11.1 Å². The second kappa shape index (κ2) is 10.6. The van der Waals surface area contributed by atoms with Gasteiger partial charge in [0.05, 0.1) is 0 Å². The van der Waals surface area contributed by atoms with Crippen molar-refractivity contribution in [3.63, 3.8) is 0 Å². The monoisotopic (exact) mass is 324 g/mol. The minimum absolute atomic E-state index is 0. The first kappa shape index (κ1) is 19.0. The molecule has 1 saturated carbocycles. The van der Waals surface area contributed by atoms with Crippen molar-refractivity contribution in [2.45, 2.75) is 63.3 Å². The molecule has 2 rings (SSSR count). The number of nitrogens with one attached hydrogen (secondary N) is 1. The third-order valence-electron chi connectivity index (χ3n) is 4.45. The zero-order chi connectivity index (χ0) is 14.9. The van der Waals surface area contributed by atoms with Crippen LogP contribution in [0, 0.1) is 0 Å². The van der Waals surface area contributed by atoms with Gasteiger partial charge in [0.15, 0.2) is 0 Å². The molecule has 0 saturated heterocycles. The van der Waals surface area contributed by atoms with E-state index < -0.39 is 0 Å². The zero-order valence-electron chi connectivity index (χ0n) is 13.3. The summed E-state index contributed by atoms with van der Waals surface area (Å²) in [4.78, 5) is 12.1. The van der Waals surface area contributed by atoms with Gasteiger partial charge >= 0.3 is 0 Å². The second-order valence-electron chi connectivity index (χ2n) is 6.07. The Hall–Kier alpha value is -1.06. The van der Waals surface area contributed by atoms with E-state index in [2.05, 4.69) is 29.6 Å². The highest BCUT2D eigenvalue weighted by Crippen LogP contribution is 2.34. The summed E-state index contributed by atoms with van der Waals surface area (Å²) in [7, 11) is 0. The van der Waals surface area contributed by atoms with Crippen molar-refractivity contribution in [1.82, 2.24) is 5.32 Å². The Morgan fingerprint density at radius 2 is 1.82 bits per heavy atom. The molecule has 0 radical (unpaired) electrons. The molecule has 124 valence electrons. The predicted octanol–water partition coefficient (Wildman–Crippen LogP) is 3.77. The van der Waals surface area contributed by atoms with Gasteiger partial charge in [-0.25, -0.2) is 0 Å². The molecule has 22 heavy (non-hydrogen) atoms. The molecular weight excluding hydrogens is 296 g/mol. The number of amides is 1. The molecule has 3 N–H and O–H groups in total. The van der Waals surface area contributed by atoms with E-state index in [9.17, 15) is 4.79 Å². The van der Waals surface area contributed by atoms with Gasteiger partial charge in [0.2, 0.25) is 5.91 Å². The molecule has 4 heteroatoms. The minimum atomic E-state index is 0. The fourth-order valence-electron chi connectivity index (χ4n) is 3.29. The molecule has 3 nitrogen and oxygen atoms in total. The number of hydrogen-bond donors (Lipinski definition) is 2. The van der Waals surface area contributed by atoms with Crippen LogP contribution in [-0.2, 0) is 4.79 Å². The SMILES string of the molecule is Cl.NCCCCCCC(=O)NC1CCCC1c1ccccc1. The molecule has 1 aliphatic carbocycles. The number of halogens is 1. The maximum Gasteiger partial charge on any atom is 0.220 e. The van der Waals surface area contributed by atoms with Gasteiger partial charge in [-0.15, -0.1) is 12.4 Å². The van der Waals surface area contributed by atoms with Gasteiger partial charge in [-0.3, -0.25) is 4.79 Å². The summed E-state index contributed by atoms with van der Waals surface area (Å²) in [5.41, 5.74) is 6.83. The fraction of sp³-hybridized carbons (Fsp3) is 0.611. The number of unbranched alkanes of at least 4 members (excludes halogenated alkanes) is 3. The summed E-state index contributed by atoms with van der Waals surface area (Å²) in [6.07, 6.45) is 8.46. The maximum atomic E-state index is 12.1. The van der Waals surface area contributed by atoms with Crippen molar-refractivity contribution in [2.75, 3.05) is 6.54 Å². The molecule has 0 aliphatic heterocycles. The lowest BCUT2D eigenvalue weighted by Gasteiger charge is -2.21. The van der Waals surface area contributed by atoms with Gasteiger partial charge in [0.25, 0.3) is 0 Å². The molecule has 2 atom stereocenters. The van der Waals surface area contributed by atoms with Crippen molar-refractivity contribution in [1.29, 1.82) is 0 Å². The smallest absolute Gasteiger partial charge is 0.220 e. The molecule has 1 aromatic carbocycles. The van der Waals surface area contributed by atoms with Crippen LogP contribution in [0.25, 0.3) is 0 Å². The quantitative estimate of drug-likeness (QED) is 0.715. The van der Waals surface area contributed by atoms with Crippen LogP contribution in [0.2, 0.25) is 0 Å². The molecule has 1 aromatic rings. The van der Waals surface area contributed by atoms with Crippen molar-refractivity contribution in [3.8, 4) is 0 Å². The number of carbonyl (C=O) groups is 1. The Morgan fingerprint density at radius 3 is 2.55 bits per heavy atom. The van der Waals surface area contributed by atoms with Crippen molar-refractivity contribution in [2.24, 2.45) is 5.73 Å². The number of rotatable bonds is 8. The zero-order valence-corrected chi connectivity index (χ0v) is 14.1. The predicted molar refractivity (Wildman–Crippen MR) is 94.4 cm³/mol. The molecule has 1 fully saturated rings. The molecular formula is C18H29ClN2O. The molecule has 1 amide bonds. The Bertz CT molecular complexity index is 424. The van der Waals surface area contributed by atoms with Crippen molar-refractivity contribution >= 4 is 18.3 Å². The summed E-state index contributed by atoms with van der Waals surface area (Å²) in [6, 6.07) is 10.9. The van der Waals surface area contributed by atoms with Gasteiger partial charge in [0.1, 0.15) is 0 Å². The summed E-state index contributed by atoms with van der Waals surface area (Å²) in [5, 5.41) is 3.25. The van der Waals surface area contributed by atoms with E-state index in [1.807, 2.05) is 6.07 Å². The standard InChI is InChI=1S/C18H28N2O.ClH/c19-14-7-2-1-6-13-18(21)20-17-12-8-11-16(17)15-9-4-3-5-10-15;/h3-5,9-10,16-17H,1-2,6-8,11-14,19H2,(H,20,21);1H. The summed E-state index contributed by atoms with van der Waals surface area (Å²) in [6.45, 7) is 0.757. The van der Waals surface area contributed by atoms with Crippen molar-refractivity contribution in [3.05, 3.63) is 35.9 Å². The third-order valence-corrected chi connectivity index (χ3v) is 4.45. The molecule has 0 bridgehead atoms. The van der Waals surface area contributed by atoms with E-state index in [1.165, 1.54) is 18.4 Å². The molecule has 1 aliphatic rings. The van der Waals surface area contributed by atoms with E-state index in [1.54, 1.807) is 0 Å². The minimum Gasteiger partial charge on any atom is -0.353 e. The van der Waals surface area contributed by atoms with Gasteiger partial charge < -0.3 is 11.1 Å². The van der Waals surface area contributed by atoms with Gasteiger partial charge in [-0.2, -0.15) is 0 Å². The molecule has 0 spiro atoms. The van der Waals surface area contributed by atoms with Gasteiger partial charge in [0, 0.05) is 18.4 Å². The van der Waals surface area contributed by atoms with Crippen LogP contribution >= 0.6 is 12.4 Å². The van der Waals surface area contributed by atoms with E-state index in [0.29, 0.717) is 18.4 Å². The first-order valence-corrected chi connectivity index (χ1v) is 8.35. The van der Waals surface area contributed by atoms with Crippen LogP contribution in [0.1, 0.15) is 62.8 Å². The molecule has 2 unspecified atom stereocenters. The van der Waals surface area contributed by atoms with Gasteiger partial charge in [-0.1, -0.05) is 49.6 Å². The Balaban J connectivity index is 0.00000242.